The van der Waals surface area contributed by atoms with E-state index in [1.165, 1.54) is 0 Å². The molecule has 0 fully saturated rings. The van der Waals surface area contributed by atoms with E-state index in [2.05, 4.69) is 10.6 Å². The maximum atomic E-state index is 13.4. The van der Waals surface area contributed by atoms with Crippen molar-refractivity contribution in [2.45, 2.75) is 6.92 Å². The van der Waals surface area contributed by atoms with Gasteiger partial charge in [-0.3, -0.25) is 0 Å². The molecule has 2 N–H and O–H groups in total. The third kappa shape index (κ3) is 3.48. The molecule has 0 aromatic heterocycles. The van der Waals surface area contributed by atoms with Crippen molar-refractivity contribution in [1.29, 1.82) is 0 Å². The van der Waals surface area contributed by atoms with E-state index in [1.54, 1.807) is 0 Å². The second-order valence-corrected chi connectivity index (χ2v) is 4.43. The summed E-state index contributed by atoms with van der Waals surface area (Å²) in [5, 5.41) is 5.78. The second kappa shape index (κ2) is 5.75. The lowest BCUT2D eigenvalue weighted by molar-refractivity contribution is 0.604. The molecule has 0 amide bonds. The fraction of sp³-hybridized carbons (Fsp3) is 0.0714. The van der Waals surface area contributed by atoms with E-state index in [4.69, 9.17) is 12.2 Å². The molecular weight excluding hydrogens is 266 g/mol. The number of halogens is 2. The first kappa shape index (κ1) is 13.4. The third-order valence-corrected chi connectivity index (χ3v) is 2.77. The molecule has 0 saturated carbocycles. The Hall–Kier alpha value is -2.01. The van der Waals surface area contributed by atoms with E-state index in [9.17, 15) is 8.78 Å². The van der Waals surface area contributed by atoms with Gasteiger partial charge in [-0.05, 0) is 42.9 Å². The van der Waals surface area contributed by atoms with Crippen molar-refractivity contribution in [2.24, 2.45) is 0 Å². The topological polar surface area (TPSA) is 24.1 Å². The first-order valence-electron chi connectivity index (χ1n) is 5.65. The first-order valence-corrected chi connectivity index (χ1v) is 6.06. The quantitative estimate of drug-likeness (QED) is 0.809. The van der Waals surface area contributed by atoms with Crippen LogP contribution in [-0.4, -0.2) is 5.11 Å². The summed E-state index contributed by atoms with van der Waals surface area (Å²) < 4.78 is 26.4. The number of nitrogens with one attached hydrogen (secondary N) is 2. The van der Waals surface area contributed by atoms with E-state index in [0.717, 1.165) is 29.4 Å². The Balaban J connectivity index is 2.10. The van der Waals surface area contributed by atoms with Crippen LogP contribution in [0.1, 0.15) is 5.56 Å². The van der Waals surface area contributed by atoms with E-state index in [0.29, 0.717) is 0 Å². The Morgan fingerprint density at radius 3 is 2.42 bits per heavy atom. The Labute approximate surface area is 115 Å². The van der Waals surface area contributed by atoms with Gasteiger partial charge in [-0.25, -0.2) is 8.78 Å². The summed E-state index contributed by atoms with van der Waals surface area (Å²) in [7, 11) is 0. The zero-order valence-electron chi connectivity index (χ0n) is 10.2. The fourth-order valence-electron chi connectivity index (χ4n) is 1.58. The first-order chi connectivity index (χ1) is 9.06. The number of hydrogen-bond acceptors (Lipinski definition) is 1. The number of benzene rings is 2. The molecule has 0 atom stereocenters. The molecule has 5 heteroatoms. The second-order valence-electron chi connectivity index (χ2n) is 4.02. The minimum Gasteiger partial charge on any atom is -0.332 e. The van der Waals surface area contributed by atoms with Gasteiger partial charge in [0.05, 0.1) is 5.69 Å². The smallest absolute Gasteiger partial charge is 0.175 e. The van der Waals surface area contributed by atoms with Crippen molar-refractivity contribution in [1.82, 2.24) is 0 Å². The summed E-state index contributed by atoms with van der Waals surface area (Å²) in [5.41, 5.74) is 1.83. The monoisotopic (exact) mass is 278 g/mol. The summed E-state index contributed by atoms with van der Waals surface area (Å²) >= 11 is 5.07. The maximum Gasteiger partial charge on any atom is 0.175 e. The van der Waals surface area contributed by atoms with Gasteiger partial charge < -0.3 is 10.6 Å². The van der Waals surface area contributed by atoms with Crippen LogP contribution in [0.4, 0.5) is 20.2 Å². The van der Waals surface area contributed by atoms with Crippen molar-refractivity contribution >= 4 is 28.7 Å². The Morgan fingerprint density at radius 1 is 1.00 bits per heavy atom. The summed E-state index contributed by atoms with van der Waals surface area (Å²) in [6.45, 7) is 1.92. The molecule has 0 bridgehead atoms. The molecule has 2 aromatic carbocycles. The van der Waals surface area contributed by atoms with Gasteiger partial charge in [-0.15, -0.1) is 0 Å². The fourth-order valence-corrected chi connectivity index (χ4v) is 1.80. The minimum atomic E-state index is -0.560. The average Bonchev–Trinajstić information content (AvgIpc) is 2.37. The molecule has 0 spiro atoms. The molecule has 2 rings (SSSR count). The van der Waals surface area contributed by atoms with Crippen LogP contribution in [-0.2, 0) is 0 Å². The van der Waals surface area contributed by atoms with Gasteiger partial charge in [0.1, 0.15) is 11.6 Å². The van der Waals surface area contributed by atoms with Crippen LogP contribution in [0.3, 0.4) is 0 Å². The standard InChI is InChI=1S/C14H12F2N2S/c1-9-4-2-3-5-12(9)17-14(19)18-13-8-10(15)6-7-11(13)16/h2-8H,1H3,(H2,17,18,19). The van der Waals surface area contributed by atoms with Crippen molar-refractivity contribution in [3.8, 4) is 0 Å². The van der Waals surface area contributed by atoms with Crippen LogP contribution in [0, 0.1) is 18.6 Å². The van der Waals surface area contributed by atoms with E-state index < -0.39 is 11.6 Å². The van der Waals surface area contributed by atoms with Crippen molar-refractivity contribution in [3.05, 3.63) is 59.7 Å². The van der Waals surface area contributed by atoms with Crippen LogP contribution in [0.5, 0.6) is 0 Å². The largest absolute Gasteiger partial charge is 0.332 e. The number of anilines is 2. The van der Waals surface area contributed by atoms with Crippen molar-refractivity contribution < 1.29 is 8.78 Å². The Morgan fingerprint density at radius 2 is 1.68 bits per heavy atom. The SMILES string of the molecule is Cc1ccccc1NC(=S)Nc1cc(F)ccc1F. The van der Waals surface area contributed by atoms with Gasteiger partial charge in [0.25, 0.3) is 0 Å². The summed E-state index contributed by atoms with van der Waals surface area (Å²) in [6, 6.07) is 10.7. The van der Waals surface area contributed by atoms with Gasteiger partial charge in [0.2, 0.25) is 0 Å². The molecule has 98 valence electrons. The number of aryl methyl sites for hydroxylation is 1. The van der Waals surface area contributed by atoms with Gasteiger partial charge in [-0.2, -0.15) is 0 Å². The van der Waals surface area contributed by atoms with Crippen molar-refractivity contribution in [2.75, 3.05) is 10.6 Å². The summed E-state index contributed by atoms with van der Waals surface area (Å²) in [4.78, 5) is 0. The maximum absolute atomic E-state index is 13.4. The molecule has 2 nitrogen and oxygen atoms in total. The number of para-hydroxylation sites is 1. The highest BCUT2D eigenvalue weighted by atomic mass is 32.1. The molecule has 0 heterocycles. The average molecular weight is 278 g/mol. The predicted octanol–water partition coefficient (Wildman–Crippen LogP) is 4.08. The van der Waals surface area contributed by atoms with Crippen molar-refractivity contribution in [3.63, 3.8) is 0 Å². The lowest BCUT2D eigenvalue weighted by Crippen LogP contribution is -2.20. The number of rotatable bonds is 2. The van der Waals surface area contributed by atoms with Gasteiger partial charge in [0.15, 0.2) is 5.11 Å². The van der Waals surface area contributed by atoms with Crippen LogP contribution in [0.25, 0.3) is 0 Å². The zero-order valence-corrected chi connectivity index (χ0v) is 11.0. The normalized spacial score (nSPS) is 10.1. The van der Waals surface area contributed by atoms with Crippen LogP contribution in [0.15, 0.2) is 42.5 Å². The van der Waals surface area contributed by atoms with E-state index in [1.807, 2.05) is 31.2 Å². The highest BCUT2D eigenvalue weighted by molar-refractivity contribution is 7.80. The highest BCUT2D eigenvalue weighted by Gasteiger charge is 2.06. The predicted molar refractivity (Wildman–Crippen MR) is 77.4 cm³/mol. The highest BCUT2D eigenvalue weighted by Crippen LogP contribution is 2.17. The van der Waals surface area contributed by atoms with Crippen LogP contribution in [0.2, 0.25) is 0 Å². The van der Waals surface area contributed by atoms with E-state index >= 15 is 0 Å². The van der Waals surface area contributed by atoms with Crippen LogP contribution < -0.4 is 10.6 Å². The molecular formula is C14H12F2N2S. The molecule has 0 aliphatic heterocycles. The molecule has 0 saturated heterocycles. The lowest BCUT2D eigenvalue weighted by Gasteiger charge is -2.12. The minimum absolute atomic E-state index is 0.00563. The lowest BCUT2D eigenvalue weighted by atomic mass is 10.2. The van der Waals surface area contributed by atoms with Crippen LogP contribution >= 0.6 is 12.2 Å². The Kier molecular flexibility index (Phi) is 4.06. The van der Waals surface area contributed by atoms with Gasteiger partial charge in [0, 0.05) is 11.8 Å². The molecule has 0 radical (unpaired) electrons. The Bertz CT molecular complexity index is 614. The summed E-state index contributed by atoms with van der Waals surface area (Å²) in [5.74, 6) is -1.09. The summed E-state index contributed by atoms with van der Waals surface area (Å²) in [6.07, 6.45) is 0. The molecule has 0 unspecified atom stereocenters. The molecule has 2 aromatic rings. The van der Waals surface area contributed by atoms with Gasteiger partial charge in [-0.1, -0.05) is 18.2 Å². The van der Waals surface area contributed by atoms with E-state index in [-0.39, 0.29) is 10.8 Å². The molecule has 0 aliphatic carbocycles. The molecule has 0 aliphatic rings. The third-order valence-electron chi connectivity index (χ3n) is 2.57. The van der Waals surface area contributed by atoms with Gasteiger partial charge >= 0.3 is 0 Å². The number of thiocarbonyl (C=S) groups is 1. The molecule has 19 heavy (non-hydrogen) atoms. The zero-order chi connectivity index (χ0) is 13.8. The number of hydrogen-bond donors (Lipinski definition) is 2.